The highest BCUT2D eigenvalue weighted by Gasteiger charge is 2.61. The molecule has 0 nitrogen and oxygen atoms in total. The Morgan fingerprint density at radius 1 is 1.58 bits per heavy atom. The lowest BCUT2D eigenvalue weighted by molar-refractivity contribution is 0.307. The van der Waals surface area contributed by atoms with Crippen molar-refractivity contribution in [3.05, 3.63) is 12.2 Å². The van der Waals surface area contributed by atoms with E-state index in [-0.39, 0.29) is 0 Å². The van der Waals surface area contributed by atoms with E-state index in [1.807, 2.05) is 0 Å². The van der Waals surface area contributed by atoms with E-state index in [0.29, 0.717) is 5.41 Å². The lowest BCUT2D eigenvalue weighted by Crippen LogP contribution is -2.14. The molecule has 2 rings (SSSR count). The largest absolute Gasteiger partial charge is 0.0999 e. The van der Waals surface area contributed by atoms with Crippen LogP contribution in [0.5, 0.6) is 0 Å². The van der Waals surface area contributed by atoms with E-state index >= 15 is 0 Å². The van der Waals surface area contributed by atoms with Gasteiger partial charge in [0.25, 0.3) is 0 Å². The number of hydrogen-bond acceptors (Lipinski definition) is 0. The fourth-order valence-corrected chi connectivity index (χ4v) is 3.90. The molecule has 0 aliphatic heterocycles. The second-order valence-electron chi connectivity index (χ2n) is 4.83. The van der Waals surface area contributed by atoms with E-state index in [1.54, 1.807) is 0 Å². The zero-order valence-electron chi connectivity index (χ0n) is 7.94. The van der Waals surface area contributed by atoms with Crippen LogP contribution in [0.2, 0.25) is 0 Å². The fourth-order valence-electron chi connectivity index (χ4n) is 2.67. The van der Waals surface area contributed by atoms with Crippen LogP contribution in [0.25, 0.3) is 0 Å². The third kappa shape index (κ3) is 1.09. The average molecular weight is 229 g/mol. The molecule has 0 aromatic rings. The minimum Gasteiger partial charge on any atom is -0.0999 e. The highest BCUT2D eigenvalue weighted by atomic mass is 79.9. The number of allylic oxidation sites excluding steroid dienone is 1. The van der Waals surface area contributed by atoms with Gasteiger partial charge in [-0.15, -0.1) is 0 Å². The Kier molecular flexibility index (Phi) is 1.91. The molecule has 4 atom stereocenters. The van der Waals surface area contributed by atoms with E-state index in [1.165, 1.54) is 24.8 Å². The molecule has 68 valence electrons. The molecule has 0 radical (unpaired) electrons. The van der Waals surface area contributed by atoms with Crippen LogP contribution in [0.4, 0.5) is 0 Å². The third-order valence-corrected chi connectivity index (χ3v) is 5.67. The van der Waals surface area contributed by atoms with Crippen molar-refractivity contribution in [2.24, 2.45) is 17.3 Å². The molecule has 2 aliphatic rings. The summed E-state index contributed by atoms with van der Waals surface area (Å²) in [6, 6.07) is 0. The Morgan fingerprint density at radius 2 is 2.25 bits per heavy atom. The van der Waals surface area contributed by atoms with Gasteiger partial charge in [-0.25, -0.2) is 0 Å². The predicted octanol–water partition coefficient (Wildman–Crippen LogP) is 3.76. The first kappa shape index (κ1) is 8.80. The van der Waals surface area contributed by atoms with Crippen molar-refractivity contribution in [2.45, 2.75) is 37.9 Å². The Hall–Kier alpha value is 0.220. The first-order valence-corrected chi connectivity index (χ1v) is 5.77. The zero-order valence-corrected chi connectivity index (χ0v) is 9.52. The number of hydrogen-bond donors (Lipinski definition) is 0. The maximum atomic E-state index is 4.06. The van der Waals surface area contributed by atoms with E-state index in [2.05, 4.69) is 36.4 Å². The van der Waals surface area contributed by atoms with Crippen LogP contribution >= 0.6 is 15.9 Å². The lowest BCUT2D eigenvalue weighted by atomic mass is 9.80. The Morgan fingerprint density at radius 3 is 2.75 bits per heavy atom. The molecule has 0 aromatic heterocycles. The number of rotatable bonds is 1. The van der Waals surface area contributed by atoms with Gasteiger partial charge in [0.2, 0.25) is 0 Å². The van der Waals surface area contributed by atoms with E-state index < -0.39 is 0 Å². The minimum atomic E-state index is 0.645. The molecule has 1 heteroatoms. The van der Waals surface area contributed by atoms with Crippen molar-refractivity contribution >= 4 is 15.9 Å². The topological polar surface area (TPSA) is 0 Å². The summed E-state index contributed by atoms with van der Waals surface area (Å²) in [5.41, 5.74) is 2.04. The number of alkyl halides is 1. The molecule has 0 bridgehead atoms. The smallest absolute Gasteiger partial charge is 0.0236 e. The molecule has 0 N–H and O–H groups in total. The molecule has 2 aliphatic carbocycles. The van der Waals surface area contributed by atoms with Gasteiger partial charge in [0.1, 0.15) is 0 Å². The first-order chi connectivity index (χ1) is 5.55. The molecule has 0 spiro atoms. The Balaban J connectivity index is 2.03. The van der Waals surface area contributed by atoms with Gasteiger partial charge < -0.3 is 0 Å². The monoisotopic (exact) mass is 228 g/mol. The van der Waals surface area contributed by atoms with Crippen LogP contribution in [0, 0.1) is 17.3 Å². The summed E-state index contributed by atoms with van der Waals surface area (Å²) in [5.74, 6) is 1.75. The van der Waals surface area contributed by atoms with E-state index in [0.717, 1.165) is 16.7 Å². The minimum absolute atomic E-state index is 0.645. The summed E-state index contributed by atoms with van der Waals surface area (Å²) in [6.07, 6.45) is 4.14. The van der Waals surface area contributed by atoms with Gasteiger partial charge in [0.05, 0.1) is 0 Å². The summed E-state index contributed by atoms with van der Waals surface area (Å²) in [7, 11) is 0. The summed E-state index contributed by atoms with van der Waals surface area (Å²) in [6.45, 7) is 8.67. The van der Waals surface area contributed by atoms with E-state index in [4.69, 9.17) is 0 Å². The maximum absolute atomic E-state index is 4.06. The van der Waals surface area contributed by atoms with Gasteiger partial charge in [-0.2, -0.15) is 0 Å². The highest BCUT2D eigenvalue weighted by Crippen LogP contribution is 2.66. The molecule has 0 heterocycles. The van der Waals surface area contributed by atoms with Crippen LogP contribution in [-0.2, 0) is 0 Å². The van der Waals surface area contributed by atoms with Gasteiger partial charge in [0, 0.05) is 4.83 Å². The van der Waals surface area contributed by atoms with E-state index in [9.17, 15) is 0 Å². The Bertz CT molecular complexity index is 221. The normalized spacial score (nSPS) is 51.4. The highest BCUT2D eigenvalue weighted by molar-refractivity contribution is 9.09. The standard InChI is InChI=1S/C11H17Br/c1-7(2)8-4-5-11(3)9(6-8)10(11)12/h8-10H,1,4-6H2,2-3H3. The van der Waals surface area contributed by atoms with Gasteiger partial charge >= 0.3 is 0 Å². The number of halogens is 1. The van der Waals surface area contributed by atoms with Gasteiger partial charge in [0.15, 0.2) is 0 Å². The molecule has 0 aromatic carbocycles. The average Bonchev–Trinajstić information content (AvgIpc) is 2.54. The molecule has 4 unspecified atom stereocenters. The molecule has 2 fully saturated rings. The van der Waals surface area contributed by atoms with Crippen molar-refractivity contribution in [1.82, 2.24) is 0 Å². The summed E-state index contributed by atoms with van der Waals surface area (Å²) in [4.78, 5) is 0.800. The first-order valence-electron chi connectivity index (χ1n) is 4.85. The van der Waals surface area contributed by atoms with Crippen LogP contribution in [0.1, 0.15) is 33.1 Å². The molecule has 12 heavy (non-hydrogen) atoms. The quantitative estimate of drug-likeness (QED) is 0.474. The molecular formula is C11H17Br. The lowest BCUT2D eigenvalue weighted by Gasteiger charge is -2.25. The second-order valence-corrected chi connectivity index (χ2v) is 5.82. The molecule has 0 amide bonds. The van der Waals surface area contributed by atoms with Crippen LogP contribution in [0.3, 0.4) is 0 Å². The SMILES string of the molecule is C=C(C)C1CCC2(C)C(Br)C2C1. The summed E-state index contributed by atoms with van der Waals surface area (Å²) in [5, 5.41) is 0. The summed E-state index contributed by atoms with van der Waals surface area (Å²) < 4.78 is 0. The van der Waals surface area contributed by atoms with Gasteiger partial charge in [-0.05, 0) is 43.4 Å². The maximum Gasteiger partial charge on any atom is 0.0236 e. The number of fused-ring (bicyclic) bond motifs is 1. The van der Waals surface area contributed by atoms with Crippen LogP contribution in [0.15, 0.2) is 12.2 Å². The van der Waals surface area contributed by atoms with Gasteiger partial charge in [-0.1, -0.05) is 35.0 Å². The molecule has 2 saturated carbocycles. The zero-order chi connectivity index (χ0) is 8.93. The van der Waals surface area contributed by atoms with Crippen molar-refractivity contribution in [2.75, 3.05) is 0 Å². The van der Waals surface area contributed by atoms with Gasteiger partial charge in [-0.3, -0.25) is 0 Å². The fraction of sp³-hybridized carbons (Fsp3) is 0.818. The van der Waals surface area contributed by atoms with Crippen molar-refractivity contribution in [3.63, 3.8) is 0 Å². The Labute approximate surface area is 83.6 Å². The molecule has 0 saturated heterocycles. The van der Waals surface area contributed by atoms with Crippen molar-refractivity contribution in [3.8, 4) is 0 Å². The van der Waals surface area contributed by atoms with Crippen LogP contribution in [-0.4, -0.2) is 4.83 Å². The predicted molar refractivity (Wildman–Crippen MR) is 56.5 cm³/mol. The van der Waals surface area contributed by atoms with Crippen LogP contribution < -0.4 is 0 Å². The summed E-state index contributed by atoms with van der Waals surface area (Å²) >= 11 is 3.78. The third-order valence-electron chi connectivity index (χ3n) is 3.99. The molecular weight excluding hydrogens is 212 g/mol. The second kappa shape index (κ2) is 2.60. The van der Waals surface area contributed by atoms with Crippen molar-refractivity contribution < 1.29 is 0 Å². The van der Waals surface area contributed by atoms with Crippen molar-refractivity contribution in [1.29, 1.82) is 0 Å².